The van der Waals surface area contributed by atoms with Crippen LogP contribution in [0.25, 0.3) is 0 Å². The number of Topliss-reactive ketones (excluding diaryl/α,β-unsaturated/α-hetero) is 1. The third-order valence-electron chi connectivity index (χ3n) is 6.09. The molecule has 0 saturated heterocycles. The lowest BCUT2D eigenvalue weighted by atomic mass is 9.77. The summed E-state index contributed by atoms with van der Waals surface area (Å²) >= 11 is 0. The molecule has 162 valence electrons. The number of phenols is 1. The predicted molar refractivity (Wildman–Crippen MR) is 106 cm³/mol. The fourth-order valence-electron chi connectivity index (χ4n) is 4.66. The van der Waals surface area contributed by atoms with Crippen molar-refractivity contribution in [3.8, 4) is 11.5 Å². The molecule has 1 fully saturated rings. The number of carbonyl (C=O) groups is 2. The standard InChI is InChI=1S/C22H27NO7/c1-28-17-12-13(6-7-15(17)25)19-18-20(26)14-4-2-3-5-16(14)30-21(18)22(27)23(19)8-10-29-11-9-24/h6-7,12,14,16,19,24-25H,2-5,8-11H2,1H3. The van der Waals surface area contributed by atoms with E-state index in [0.717, 1.165) is 25.7 Å². The maximum absolute atomic E-state index is 13.5. The number of carbonyl (C=O) groups excluding carboxylic acids is 2. The maximum atomic E-state index is 13.5. The summed E-state index contributed by atoms with van der Waals surface area (Å²) in [5, 5.41) is 18.9. The van der Waals surface area contributed by atoms with Crippen molar-refractivity contribution in [3.05, 3.63) is 35.1 Å². The number of methoxy groups -OCH3 is 1. The Labute approximate surface area is 175 Å². The normalized spacial score (nSPS) is 25.8. The highest BCUT2D eigenvalue weighted by Crippen LogP contribution is 2.47. The second-order valence-electron chi connectivity index (χ2n) is 7.82. The van der Waals surface area contributed by atoms with Crippen LogP contribution in [0.1, 0.15) is 37.3 Å². The molecule has 4 rings (SSSR count). The lowest BCUT2D eigenvalue weighted by Gasteiger charge is -2.35. The molecule has 1 saturated carbocycles. The van der Waals surface area contributed by atoms with Crippen molar-refractivity contribution in [3.63, 3.8) is 0 Å². The molecule has 8 heteroatoms. The van der Waals surface area contributed by atoms with Crippen LogP contribution in [-0.2, 0) is 19.1 Å². The Morgan fingerprint density at radius 1 is 1.20 bits per heavy atom. The number of hydrogen-bond donors (Lipinski definition) is 2. The van der Waals surface area contributed by atoms with Gasteiger partial charge >= 0.3 is 0 Å². The van der Waals surface area contributed by atoms with Gasteiger partial charge in [0.1, 0.15) is 6.10 Å². The van der Waals surface area contributed by atoms with Gasteiger partial charge in [0.05, 0.1) is 44.5 Å². The number of nitrogens with zero attached hydrogens (tertiary/aromatic N) is 1. The van der Waals surface area contributed by atoms with E-state index in [9.17, 15) is 14.7 Å². The molecule has 0 bridgehead atoms. The Balaban J connectivity index is 1.72. The number of ketones is 1. The molecule has 1 amide bonds. The zero-order chi connectivity index (χ0) is 21.3. The van der Waals surface area contributed by atoms with Crippen molar-refractivity contribution in [1.82, 2.24) is 4.90 Å². The highest BCUT2D eigenvalue weighted by atomic mass is 16.5. The van der Waals surface area contributed by atoms with Gasteiger partial charge in [-0.05, 0) is 37.0 Å². The maximum Gasteiger partial charge on any atom is 0.290 e. The summed E-state index contributed by atoms with van der Waals surface area (Å²) in [5.41, 5.74) is 1.05. The van der Waals surface area contributed by atoms with Gasteiger partial charge in [-0.2, -0.15) is 0 Å². The molecule has 8 nitrogen and oxygen atoms in total. The molecule has 1 aromatic rings. The number of fused-ring (bicyclic) bond motifs is 1. The number of hydrogen-bond acceptors (Lipinski definition) is 7. The highest BCUT2D eigenvalue weighted by molar-refractivity contribution is 6.11. The van der Waals surface area contributed by atoms with Crippen LogP contribution in [0.4, 0.5) is 0 Å². The van der Waals surface area contributed by atoms with Crippen molar-refractivity contribution >= 4 is 11.7 Å². The summed E-state index contributed by atoms with van der Waals surface area (Å²) < 4.78 is 16.7. The topological polar surface area (TPSA) is 106 Å². The molecule has 2 heterocycles. The molecule has 2 aliphatic heterocycles. The Morgan fingerprint density at radius 3 is 2.77 bits per heavy atom. The number of amides is 1. The Hall–Kier alpha value is -2.58. The number of benzene rings is 1. The molecule has 3 aliphatic rings. The summed E-state index contributed by atoms with van der Waals surface area (Å²) in [4.78, 5) is 28.3. The van der Waals surface area contributed by atoms with Crippen LogP contribution in [0.2, 0.25) is 0 Å². The first-order valence-electron chi connectivity index (χ1n) is 10.4. The number of aromatic hydroxyl groups is 1. The molecule has 1 aromatic carbocycles. The minimum Gasteiger partial charge on any atom is -0.504 e. The number of aliphatic hydroxyl groups is 1. The van der Waals surface area contributed by atoms with E-state index in [-0.39, 0.29) is 67.3 Å². The average Bonchev–Trinajstić information content (AvgIpc) is 3.04. The molecule has 3 unspecified atom stereocenters. The summed E-state index contributed by atoms with van der Waals surface area (Å²) in [6.07, 6.45) is 3.26. The van der Waals surface area contributed by atoms with Crippen molar-refractivity contribution < 1.29 is 34.0 Å². The predicted octanol–water partition coefficient (Wildman–Crippen LogP) is 1.71. The first-order chi connectivity index (χ1) is 14.6. The molecule has 0 aromatic heterocycles. The zero-order valence-corrected chi connectivity index (χ0v) is 17.0. The minimum absolute atomic E-state index is 0.0174. The van der Waals surface area contributed by atoms with Crippen molar-refractivity contribution in [2.75, 3.05) is 33.5 Å². The average molecular weight is 417 g/mol. The molecule has 30 heavy (non-hydrogen) atoms. The molecule has 3 atom stereocenters. The Morgan fingerprint density at radius 2 is 2.00 bits per heavy atom. The van der Waals surface area contributed by atoms with E-state index in [1.54, 1.807) is 17.0 Å². The zero-order valence-electron chi connectivity index (χ0n) is 17.0. The lowest BCUT2D eigenvalue weighted by Crippen LogP contribution is -2.39. The largest absolute Gasteiger partial charge is 0.504 e. The van der Waals surface area contributed by atoms with E-state index in [1.165, 1.54) is 13.2 Å². The van der Waals surface area contributed by atoms with Crippen LogP contribution in [-0.4, -0.2) is 66.4 Å². The van der Waals surface area contributed by atoms with Crippen molar-refractivity contribution in [2.45, 2.75) is 37.8 Å². The highest BCUT2D eigenvalue weighted by Gasteiger charge is 2.51. The SMILES string of the molecule is COc1cc(C2C3=C(OC4CCCCC4C3=O)C(=O)N2CCOCCO)ccc1O. The monoisotopic (exact) mass is 417 g/mol. The van der Waals surface area contributed by atoms with E-state index in [1.807, 2.05) is 0 Å². The summed E-state index contributed by atoms with van der Waals surface area (Å²) in [6.45, 7) is 0.532. The van der Waals surface area contributed by atoms with Crippen molar-refractivity contribution in [1.29, 1.82) is 0 Å². The van der Waals surface area contributed by atoms with Gasteiger partial charge in [-0.25, -0.2) is 0 Å². The summed E-state index contributed by atoms with van der Waals surface area (Å²) in [5.74, 6) is -0.182. The fourth-order valence-corrected chi connectivity index (χ4v) is 4.66. The minimum atomic E-state index is -0.630. The third kappa shape index (κ3) is 3.54. The van der Waals surface area contributed by atoms with E-state index in [0.29, 0.717) is 11.1 Å². The van der Waals surface area contributed by atoms with E-state index in [2.05, 4.69) is 0 Å². The third-order valence-corrected chi connectivity index (χ3v) is 6.09. The first kappa shape index (κ1) is 20.7. The van der Waals surface area contributed by atoms with Gasteiger partial charge in [-0.3, -0.25) is 9.59 Å². The second-order valence-corrected chi connectivity index (χ2v) is 7.82. The van der Waals surface area contributed by atoms with Gasteiger partial charge in [0, 0.05) is 6.54 Å². The lowest BCUT2D eigenvalue weighted by molar-refractivity contribution is -0.135. The van der Waals surface area contributed by atoms with Crippen LogP contribution >= 0.6 is 0 Å². The molecule has 0 radical (unpaired) electrons. The van der Waals surface area contributed by atoms with Crippen molar-refractivity contribution in [2.24, 2.45) is 5.92 Å². The van der Waals surface area contributed by atoms with Gasteiger partial charge < -0.3 is 29.3 Å². The van der Waals surface area contributed by atoms with Crippen LogP contribution in [0.5, 0.6) is 11.5 Å². The van der Waals surface area contributed by atoms with E-state index in [4.69, 9.17) is 19.3 Å². The fraction of sp³-hybridized carbons (Fsp3) is 0.545. The number of phenolic OH excluding ortho intramolecular Hbond substituents is 1. The van der Waals surface area contributed by atoms with Crippen LogP contribution < -0.4 is 4.74 Å². The molecule has 2 N–H and O–H groups in total. The van der Waals surface area contributed by atoms with Gasteiger partial charge in [0.25, 0.3) is 5.91 Å². The molecular formula is C22H27NO7. The second kappa shape index (κ2) is 8.65. The Kier molecular flexibility index (Phi) is 5.97. The van der Waals surface area contributed by atoms with E-state index >= 15 is 0 Å². The van der Waals surface area contributed by atoms with Crippen LogP contribution in [0, 0.1) is 5.92 Å². The number of aliphatic hydroxyl groups excluding tert-OH is 1. The van der Waals surface area contributed by atoms with Gasteiger partial charge in [-0.1, -0.05) is 12.5 Å². The van der Waals surface area contributed by atoms with Crippen LogP contribution in [0.15, 0.2) is 29.5 Å². The molecular weight excluding hydrogens is 390 g/mol. The summed E-state index contributed by atoms with van der Waals surface area (Å²) in [6, 6.07) is 4.20. The van der Waals surface area contributed by atoms with Gasteiger partial charge in [-0.15, -0.1) is 0 Å². The van der Waals surface area contributed by atoms with E-state index < -0.39 is 6.04 Å². The Bertz CT molecular complexity index is 865. The quantitative estimate of drug-likeness (QED) is 0.651. The number of ether oxygens (including phenoxy) is 3. The summed E-state index contributed by atoms with van der Waals surface area (Å²) in [7, 11) is 1.45. The van der Waals surface area contributed by atoms with Gasteiger partial charge in [0.15, 0.2) is 23.0 Å². The molecule has 0 spiro atoms. The number of rotatable bonds is 7. The van der Waals surface area contributed by atoms with Crippen LogP contribution in [0.3, 0.4) is 0 Å². The molecule has 1 aliphatic carbocycles. The van der Waals surface area contributed by atoms with Gasteiger partial charge in [0.2, 0.25) is 0 Å². The smallest absolute Gasteiger partial charge is 0.290 e. The first-order valence-corrected chi connectivity index (χ1v) is 10.4.